The van der Waals surface area contributed by atoms with Crippen LogP contribution in [0.2, 0.25) is 0 Å². The smallest absolute Gasteiger partial charge is 0.0627 e. The maximum absolute atomic E-state index is 2.59. The fourth-order valence-corrected chi connectivity index (χ4v) is 11.3. The molecule has 15 rings (SSSR count). The van der Waals surface area contributed by atoms with E-state index in [2.05, 4.69) is 201 Å². The minimum absolute atomic E-state index is 1.17. The number of hydrogen-bond acceptors (Lipinski definition) is 0. The quantitative estimate of drug-likeness (QED) is 0.167. The number of para-hydroxylation sites is 4. The number of aromatic nitrogens is 3. The molecule has 3 heteroatoms. The van der Waals surface area contributed by atoms with Crippen molar-refractivity contribution in [3.8, 4) is 16.8 Å². The molecule has 0 atom stereocenters. The summed E-state index contributed by atoms with van der Waals surface area (Å²) in [5.41, 5.74) is 13.7. The van der Waals surface area contributed by atoms with Crippen LogP contribution in [0.15, 0.2) is 188 Å². The average Bonchev–Trinajstić information content (AvgIpc) is 4.08. The number of fused-ring (bicyclic) bond motifs is 19. The van der Waals surface area contributed by atoms with Crippen LogP contribution in [0.1, 0.15) is 0 Å². The maximum atomic E-state index is 2.59. The van der Waals surface area contributed by atoms with Crippen LogP contribution < -0.4 is 0 Å². The molecular weight excluding hydrogens is 715 g/mol. The van der Waals surface area contributed by atoms with E-state index >= 15 is 0 Å². The molecule has 3 nitrogen and oxygen atoms in total. The summed E-state index contributed by atoms with van der Waals surface area (Å²) in [7, 11) is 0. The normalized spacial score (nSPS) is 12.7. The Bertz CT molecular complexity index is 4290. The van der Waals surface area contributed by atoms with E-state index in [4.69, 9.17) is 0 Å². The fraction of sp³-hybridized carbons (Fsp3) is 0. The summed E-state index contributed by atoms with van der Waals surface area (Å²) in [6.07, 6.45) is 0. The van der Waals surface area contributed by atoms with Gasteiger partial charge < -0.3 is 13.4 Å². The van der Waals surface area contributed by atoms with Crippen LogP contribution in [0.4, 0.5) is 0 Å². The van der Waals surface area contributed by atoms with Crippen molar-refractivity contribution >= 4 is 120 Å². The summed E-state index contributed by atoms with van der Waals surface area (Å²) < 4.78 is 7.55. The zero-order valence-corrected chi connectivity index (χ0v) is 31.7. The average molecular weight is 746 g/mol. The molecular formula is C56H31N3. The van der Waals surface area contributed by atoms with Crippen molar-refractivity contribution in [2.45, 2.75) is 0 Å². The van der Waals surface area contributed by atoms with Gasteiger partial charge >= 0.3 is 0 Å². The van der Waals surface area contributed by atoms with Crippen LogP contribution in [0, 0.1) is 0 Å². The maximum Gasteiger partial charge on any atom is 0.0627 e. The Morgan fingerprint density at radius 2 is 0.881 bits per heavy atom. The molecule has 5 aromatic heterocycles. The molecule has 0 N–H and O–H groups in total. The van der Waals surface area contributed by atoms with E-state index in [0.29, 0.717) is 0 Å². The molecule has 0 saturated heterocycles. The van der Waals surface area contributed by atoms with Gasteiger partial charge in [0.15, 0.2) is 0 Å². The molecule has 59 heavy (non-hydrogen) atoms. The second kappa shape index (κ2) is 10.5. The van der Waals surface area contributed by atoms with E-state index in [-0.39, 0.29) is 0 Å². The Kier molecular flexibility index (Phi) is 5.41. The molecule has 0 aliphatic rings. The lowest BCUT2D eigenvalue weighted by Gasteiger charge is -2.09. The van der Waals surface area contributed by atoms with E-state index in [1.165, 1.54) is 136 Å². The molecule has 0 fully saturated rings. The Balaban J connectivity index is 1.09. The SMILES string of the molecule is c1ccc(-n2c3ccccc3c3cc(-c4cccc5c6cccc7c8c9c%10c%11ccccc%11cc%11c%12cc%13ccccc%13cc%12n(c9ccc8n(c45)c67)c%11%10)ccc32)cc1. The molecule has 5 heterocycles. The second-order valence-electron chi connectivity index (χ2n) is 16.4. The van der Waals surface area contributed by atoms with Crippen LogP contribution in [-0.2, 0) is 0 Å². The van der Waals surface area contributed by atoms with Gasteiger partial charge in [-0.15, -0.1) is 0 Å². The summed E-state index contributed by atoms with van der Waals surface area (Å²) in [6.45, 7) is 0. The van der Waals surface area contributed by atoms with Crippen LogP contribution in [0.5, 0.6) is 0 Å². The molecule has 10 aromatic carbocycles. The highest BCUT2D eigenvalue weighted by Crippen LogP contribution is 2.50. The molecule has 0 aliphatic heterocycles. The molecule has 0 amide bonds. The predicted molar refractivity (Wildman–Crippen MR) is 251 cm³/mol. The van der Waals surface area contributed by atoms with E-state index < -0.39 is 0 Å². The molecule has 0 spiro atoms. The van der Waals surface area contributed by atoms with Gasteiger partial charge in [0.25, 0.3) is 0 Å². The summed E-state index contributed by atoms with van der Waals surface area (Å²) >= 11 is 0. The van der Waals surface area contributed by atoms with Crippen LogP contribution in [0.25, 0.3) is 136 Å². The zero-order valence-electron chi connectivity index (χ0n) is 31.7. The lowest BCUT2D eigenvalue weighted by Crippen LogP contribution is -1.93. The molecule has 0 saturated carbocycles. The van der Waals surface area contributed by atoms with Crippen LogP contribution in [0.3, 0.4) is 0 Å². The van der Waals surface area contributed by atoms with Crippen molar-refractivity contribution in [2.75, 3.05) is 0 Å². The van der Waals surface area contributed by atoms with Gasteiger partial charge in [0.1, 0.15) is 0 Å². The fourth-order valence-electron chi connectivity index (χ4n) is 11.3. The zero-order chi connectivity index (χ0) is 38.1. The molecule has 0 aliphatic carbocycles. The third-order valence-corrected chi connectivity index (χ3v) is 13.6. The molecule has 15 aromatic rings. The summed E-state index contributed by atoms with van der Waals surface area (Å²) in [6, 6.07) is 70.2. The monoisotopic (exact) mass is 745 g/mol. The lowest BCUT2D eigenvalue weighted by atomic mass is 9.96. The van der Waals surface area contributed by atoms with Gasteiger partial charge in [0.2, 0.25) is 0 Å². The summed E-state index contributed by atoms with van der Waals surface area (Å²) in [4.78, 5) is 0. The van der Waals surface area contributed by atoms with Gasteiger partial charge in [-0.25, -0.2) is 0 Å². The first kappa shape index (κ1) is 30.3. The van der Waals surface area contributed by atoms with E-state index in [9.17, 15) is 0 Å². The molecule has 0 bridgehead atoms. The number of benzene rings is 10. The topological polar surface area (TPSA) is 13.8 Å². The highest BCUT2D eigenvalue weighted by molar-refractivity contribution is 6.40. The van der Waals surface area contributed by atoms with Crippen molar-refractivity contribution < 1.29 is 0 Å². The number of hydrogen-bond donors (Lipinski definition) is 0. The highest BCUT2D eigenvalue weighted by Gasteiger charge is 2.26. The second-order valence-corrected chi connectivity index (χ2v) is 16.4. The van der Waals surface area contributed by atoms with Gasteiger partial charge in [-0.2, -0.15) is 0 Å². The minimum Gasteiger partial charge on any atom is -0.309 e. The third kappa shape index (κ3) is 3.62. The number of rotatable bonds is 2. The van der Waals surface area contributed by atoms with Gasteiger partial charge in [-0.1, -0.05) is 127 Å². The first-order valence-electron chi connectivity index (χ1n) is 20.5. The summed E-state index contributed by atoms with van der Waals surface area (Å²) in [5.74, 6) is 0. The van der Waals surface area contributed by atoms with Crippen molar-refractivity contribution in [3.05, 3.63) is 188 Å². The largest absolute Gasteiger partial charge is 0.309 e. The van der Waals surface area contributed by atoms with Crippen LogP contribution >= 0.6 is 0 Å². The van der Waals surface area contributed by atoms with E-state index in [1.54, 1.807) is 0 Å². The Morgan fingerprint density at radius 3 is 1.75 bits per heavy atom. The van der Waals surface area contributed by atoms with Gasteiger partial charge in [0, 0.05) is 65.1 Å². The highest BCUT2D eigenvalue weighted by atomic mass is 15.0. The minimum atomic E-state index is 1.17. The van der Waals surface area contributed by atoms with E-state index in [1.807, 2.05) is 0 Å². The molecule has 0 unspecified atom stereocenters. The van der Waals surface area contributed by atoms with Crippen molar-refractivity contribution in [3.63, 3.8) is 0 Å². The van der Waals surface area contributed by atoms with Gasteiger partial charge in [-0.05, 0) is 87.8 Å². The molecule has 270 valence electrons. The van der Waals surface area contributed by atoms with E-state index in [0.717, 1.165) is 0 Å². The third-order valence-electron chi connectivity index (χ3n) is 13.6. The first-order chi connectivity index (χ1) is 29.3. The van der Waals surface area contributed by atoms with Gasteiger partial charge in [0.05, 0.1) is 44.1 Å². The van der Waals surface area contributed by atoms with Gasteiger partial charge in [-0.3, -0.25) is 0 Å². The van der Waals surface area contributed by atoms with Crippen molar-refractivity contribution in [2.24, 2.45) is 0 Å². The van der Waals surface area contributed by atoms with Crippen molar-refractivity contribution in [1.82, 2.24) is 13.4 Å². The Labute approximate surface area is 336 Å². The summed E-state index contributed by atoms with van der Waals surface area (Å²) in [5, 5.41) is 18.2. The van der Waals surface area contributed by atoms with Crippen LogP contribution in [-0.4, -0.2) is 13.4 Å². The standard InChI is InChI=1S/C56H31N3/c1-2-15-36(16-3-1)57-46-23-9-8-18-39(46)43-29-35(24-25-47(43)57)38-19-10-20-40-41-21-11-22-42-51-48(59(54(38)40)55(41)42)26-27-49-53(51)52-37-17-7-6-14-34(37)30-45-44-28-32-12-4-5-13-33(32)31-50(44)58(49)56(45)52/h1-31H. The molecule has 0 radical (unpaired) electrons. The predicted octanol–water partition coefficient (Wildman–Crippen LogP) is 15.1. The Hall–Kier alpha value is -7.88. The van der Waals surface area contributed by atoms with Crippen molar-refractivity contribution in [1.29, 1.82) is 0 Å². The Morgan fingerprint density at radius 1 is 0.271 bits per heavy atom. The number of nitrogens with zero attached hydrogens (tertiary/aromatic N) is 3. The first-order valence-corrected chi connectivity index (χ1v) is 20.5. The lowest BCUT2D eigenvalue weighted by molar-refractivity contribution is 1.18.